The van der Waals surface area contributed by atoms with E-state index in [1.165, 1.54) is 12.1 Å². The van der Waals surface area contributed by atoms with Gasteiger partial charge in [0.05, 0.1) is 6.54 Å². The number of aromatic nitrogens is 3. The number of rotatable bonds is 2. The van der Waals surface area contributed by atoms with E-state index in [4.69, 9.17) is 0 Å². The lowest BCUT2D eigenvalue weighted by Gasteiger charge is -2.27. The van der Waals surface area contributed by atoms with Crippen molar-refractivity contribution in [2.45, 2.75) is 26.4 Å². The van der Waals surface area contributed by atoms with Crippen LogP contribution in [0.4, 0.5) is 13.2 Å². The van der Waals surface area contributed by atoms with Crippen LogP contribution < -0.4 is 4.74 Å². The van der Waals surface area contributed by atoms with Crippen molar-refractivity contribution in [3.8, 4) is 5.75 Å². The van der Waals surface area contributed by atoms with E-state index >= 15 is 0 Å². The maximum absolute atomic E-state index is 12.4. The van der Waals surface area contributed by atoms with Crippen molar-refractivity contribution in [2.24, 2.45) is 0 Å². The Bertz CT molecular complexity index is 725. The number of fused-ring (bicyclic) bond motifs is 1. The quantitative estimate of drug-likeness (QED) is 0.848. The number of hydrogen-bond acceptors (Lipinski definition) is 4. The Morgan fingerprint density at radius 3 is 2.52 bits per heavy atom. The molecule has 0 unspecified atom stereocenters. The Balaban J connectivity index is 1.71. The lowest BCUT2D eigenvalue weighted by atomic mass is 10.2. The molecule has 2 heterocycles. The summed E-state index contributed by atoms with van der Waals surface area (Å²) in [6.07, 6.45) is -4.75. The van der Waals surface area contributed by atoms with Gasteiger partial charge in [0.2, 0.25) is 0 Å². The molecule has 0 fully saturated rings. The number of amides is 1. The van der Waals surface area contributed by atoms with Crippen LogP contribution in [0.1, 0.15) is 22.0 Å². The van der Waals surface area contributed by atoms with Crippen LogP contribution in [0.25, 0.3) is 0 Å². The zero-order valence-electron chi connectivity index (χ0n) is 12.2. The maximum Gasteiger partial charge on any atom is 0.573 e. The summed E-state index contributed by atoms with van der Waals surface area (Å²) < 4.78 is 42.1. The number of carbonyl (C=O) groups excluding carboxylic acids is 1. The fraction of sp³-hybridized carbons (Fsp3) is 0.357. The van der Waals surface area contributed by atoms with E-state index in [2.05, 4.69) is 14.9 Å². The predicted molar refractivity (Wildman–Crippen MR) is 72.6 cm³/mol. The number of halogens is 3. The highest BCUT2D eigenvalue weighted by atomic mass is 19.4. The second-order valence-corrected chi connectivity index (χ2v) is 5.11. The molecular formula is C14H13F3N4O2. The molecular weight excluding hydrogens is 313 g/mol. The van der Waals surface area contributed by atoms with Crippen molar-refractivity contribution >= 4 is 5.91 Å². The molecule has 0 saturated carbocycles. The van der Waals surface area contributed by atoms with Crippen LogP contribution >= 0.6 is 0 Å². The number of ether oxygens (including phenoxy) is 1. The summed E-state index contributed by atoms with van der Waals surface area (Å²) in [4.78, 5) is 14.0. The van der Waals surface area contributed by atoms with Gasteiger partial charge in [-0.1, -0.05) is 0 Å². The molecule has 1 aromatic carbocycles. The normalized spacial score (nSPS) is 14.5. The van der Waals surface area contributed by atoms with Crippen LogP contribution in [-0.4, -0.2) is 38.5 Å². The SMILES string of the molecule is Cc1nnc2n1CCN(C(=O)c1ccc(OC(F)(F)F)cc1)C2. The highest BCUT2D eigenvalue weighted by molar-refractivity contribution is 5.94. The van der Waals surface area contributed by atoms with E-state index in [1.54, 1.807) is 4.90 Å². The van der Waals surface area contributed by atoms with Crippen molar-refractivity contribution in [3.05, 3.63) is 41.5 Å². The molecule has 1 amide bonds. The third-order valence-electron chi connectivity index (χ3n) is 3.56. The summed E-state index contributed by atoms with van der Waals surface area (Å²) >= 11 is 0. The molecule has 0 atom stereocenters. The van der Waals surface area contributed by atoms with Gasteiger partial charge in [0.15, 0.2) is 5.82 Å². The molecule has 6 nitrogen and oxygen atoms in total. The van der Waals surface area contributed by atoms with Gasteiger partial charge in [0.1, 0.15) is 11.6 Å². The molecule has 0 saturated heterocycles. The first-order valence-electron chi connectivity index (χ1n) is 6.87. The molecule has 2 aromatic rings. The molecule has 1 aliphatic heterocycles. The van der Waals surface area contributed by atoms with Gasteiger partial charge in [-0.3, -0.25) is 4.79 Å². The summed E-state index contributed by atoms with van der Waals surface area (Å²) in [5.74, 6) is 0.860. The number of alkyl halides is 3. The maximum atomic E-state index is 12.4. The van der Waals surface area contributed by atoms with E-state index in [9.17, 15) is 18.0 Å². The Labute approximate surface area is 129 Å². The topological polar surface area (TPSA) is 60.2 Å². The van der Waals surface area contributed by atoms with Gasteiger partial charge in [0, 0.05) is 18.7 Å². The predicted octanol–water partition coefficient (Wildman–Crippen LogP) is 2.14. The smallest absolute Gasteiger partial charge is 0.406 e. The van der Waals surface area contributed by atoms with E-state index in [0.717, 1.165) is 18.0 Å². The number of aryl methyl sites for hydroxylation is 1. The first kappa shape index (κ1) is 15.3. The minimum Gasteiger partial charge on any atom is -0.406 e. The minimum absolute atomic E-state index is 0.268. The largest absolute Gasteiger partial charge is 0.573 e. The van der Waals surface area contributed by atoms with Gasteiger partial charge in [-0.15, -0.1) is 23.4 Å². The second kappa shape index (κ2) is 5.56. The average Bonchev–Trinajstić information content (AvgIpc) is 2.87. The van der Waals surface area contributed by atoms with E-state index in [0.29, 0.717) is 31.0 Å². The highest BCUT2D eigenvalue weighted by Gasteiger charge is 2.31. The fourth-order valence-corrected chi connectivity index (χ4v) is 2.46. The summed E-state index contributed by atoms with van der Waals surface area (Å²) in [7, 11) is 0. The molecule has 0 radical (unpaired) electrons. The zero-order valence-corrected chi connectivity index (χ0v) is 12.2. The molecule has 122 valence electrons. The minimum atomic E-state index is -4.75. The van der Waals surface area contributed by atoms with Crippen molar-refractivity contribution in [3.63, 3.8) is 0 Å². The molecule has 0 N–H and O–H groups in total. The van der Waals surface area contributed by atoms with E-state index in [-0.39, 0.29) is 11.7 Å². The van der Waals surface area contributed by atoms with Gasteiger partial charge in [-0.2, -0.15) is 0 Å². The fourth-order valence-electron chi connectivity index (χ4n) is 2.46. The van der Waals surface area contributed by atoms with Crippen LogP contribution in [0.2, 0.25) is 0 Å². The first-order chi connectivity index (χ1) is 10.8. The number of hydrogen-bond donors (Lipinski definition) is 0. The number of benzene rings is 1. The van der Waals surface area contributed by atoms with Crippen LogP contribution in [-0.2, 0) is 13.1 Å². The van der Waals surface area contributed by atoms with E-state index < -0.39 is 6.36 Å². The standard InChI is InChI=1S/C14H13F3N4O2/c1-9-18-19-12-8-20(6-7-21(9)12)13(22)10-2-4-11(5-3-10)23-14(15,16)17/h2-5H,6-8H2,1H3. The monoisotopic (exact) mass is 326 g/mol. The summed E-state index contributed by atoms with van der Waals surface area (Å²) in [6.45, 7) is 3.24. The summed E-state index contributed by atoms with van der Waals surface area (Å²) in [6, 6.07) is 4.87. The molecule has 0 bridgehead atoms. The number of nitrogens with zero attached hydrogens (tertiary/aromatic N) is 4. The molecule has 23 heavy (non-hydrogen) atoms. The van der Waals surface area contributed by atoms with Gasteiger partial charge in [0.25, 0.3) is 5.91 Å². The van der Waals surface area contributed by atoms with Crippen LogP contribution in [0, 0.1) is 6.92 Å². The van der Waals surface area contributed by atoms with Crippen LogP contribution in [0.3, 0.4) is 0 Å². The van der Waals surface area contributed by atoms with Crippen molar-refractivity contribution < 1.29 is 22.7 Å². The summed E-state index contributed by atoms with van der Waals surface area (Å²) in [5.41, 5.74) is 0.296. The zero-order chi connectivity index (χ0) is 16.6. The molecule has 0 aliphatic carbocycles. The molecule has 1 aromatic heterocycles. The van der Waals surface area contributed by atoms with Crippen LogP contribution in [0.5, 0.6) is 5.75 Å². The third kappa shape index (κ3) is 3.27. The molecule has 9 heteroatoms. The molecule has 3 rings (SSSR count). The molecule has 1 aliphatic rings. The Kier molecular flexibility index (Phi) is 3.70. The Hall–Kier alpha value is -2.58. The van der Waals surface area contributed by atoms with Crippen molar-refractivity contribution in [1.29, 1.82) is 0 Å². The van der Waals surface area contributed by atoms with Gasteiger partial charge >= 0.3 is 6.36 Å². The lowest BCUT2D eigenvalue weighted by molar-refractivity contribution is -0.274. The lowest BCUT2D eigenvalue weighted by Crippen LogP contribution is -2.38. The second-order valence-electron chi connectivity index (χ2n) is 5.11. The van der Waals surface area contributed by atoms with E-state index in [1.807, 2.05) is 11.5 Å². The summed E-state index contributed by atoms with van der Waals surface area (Å²) in [5, 5.41) is 7.97. The highest BCUT2D eigenvalue weighted by Crippen LogP contribution is 2.23. The van der Waals surface area contributed by atoms with Crippen LogP contribution in [0.15, 0.2) is 24.3 Å². The molecule has 0 spiro atoms. The van der Waals surface area contributed by atoms with Crippen molar-refractivity contribution in [2.75, 3.05) is 6.54 Å². The van der Waals surface area contributed by atoms with Crippen molar-refractivity contribution in [1.82, 2.24) is 19.7 Å². The number of carbonyl (C=O) groups is 1. The third-order valence-corrected chi connectivity index (χ3v) is 3.56. The average molecular weight is 326 g/mol. The van der Waals surface area contributed by atoms with Gasteiger partial charge < -0.3 is 14.2 Å². The first-order valence-corrected chi connectivity index (χ1v) is 6.87. The Morgan fingerprint density at radius 1 is 1.17 bits per heavy atom. The van der Waals surface area contributed by atoms with Gasteiger partial charge in [-0.25, -0.2) is 0 Å². The Morgan fingerprint density at radius 2 is 1.87 bits per heavy atom. The van der Waals surface area contributed by atoms with Gasteiger partial charge in [-0.05, 0) is 31.2 Å².